The molecule has 0 amide bonds. The SMILES string of the molecule is Cc1ccc(Cn2c(CCl)nc3cccnc32)o1. The summed E-state index contributed by atoms with van der Waals surface area (Å²) < 4.78 is 7.57. The maximum atomic E-state index is 5.93. The Hall–Kier alpha value is -1.81. The lowest BCUT2D eigenvalue weighted by Gasteiger charge is -2.04. The van der Waals surface area contributed by atoms with E-state index in [2.05, 4.69) is 9.97 Å². The number of rotatable bonds is 3. The normalized spacial score (nSPS) is 11.2. The fourth-order valence-corrected chi connectivity index (χ4v) is 2.20. The molecule has 0 atom stereocenters. The number of nitrogens with zero attached hydrogens (tertiary/aromatic N) is 3. The lowest BCUT2D eigenvalue weighted by Crippen LogP contribution is -2.03. The highest BCUT2D eigenvalue weighted by Crippen LogP contribution is 2.18. The molecule has 0 aliphatic heterocycles. The largest absolute Gasteiger partial charge is 0.464 e. The summed E-state index contributed by atoms with van der Waals surface area (Å²) in [6, 6.07) is 7.71. The Labute approximate surface area is 109 Å². The van der Waals surface area contributed by atoms with Crippen molar-refractivity contribution in [2.75, 3.05) is 0 Å². The van der Waals surface area contributed by atoms with Gasteiger partial charge in [-0.2, -0.15) is 0 Å². The Balaban J connectivity index is 2.09. The van der Waals surface area contributed by atoms with Crippen LogP contribution in [0.3, 0.4) is 0 Å². The molecular formula is C13H12ClN3O. The van der Waals surface area contributed by atoms with Gasteiger partial charge in [0.05, 0.1) is 12.4 Å². The molecular weight excluding hydrogens is 250 g/mol. The van der Waals surface area contributed by atoms with Crippen molar-refractivity contribution in [1.82, 2.24) is 14.5 Å². The standard InChI is InChI=1S/C13H12ClN3O/c1-9-4-5-10(18-9)8-17-12(7-14)16-11-3-2-6-15-13(11)17/h2-6H,7-8H2,1H3. The highest BCUT2D eigenvalue weighted by molar-refractivity contribution is 6.16. The molecule has 0 aliphatic carbocycles. The number of aromatic nitrogens is 3. The van der Waals surface area contributed by atoms with E-state index in [4.69, 9.17) is 16.0 Å². The topological polar surface area (TPSA) is 43.9 Å². The van der Waals surface area contributed by atoms with Crippen molar-refractivity contribution in [3.63, 3.8) is 0 Å². The van der Waals surface area contributed by atoms with Gasteiger partial charge in [0.15, 0.2) is 5.65 Å². The summed E-state index contributed by atoms with van der Waals surface area (Å²) in [6.45, 7) is 2.53. The van der Waals surface area contributed by atoms with Crippen LogP contribution in [0.25, 0.3) is 11.2 Å². The molecule has 0 saturated carbocycles. The van der Waals surface area contributed by atoms with Gasteiger partial charge in [-0.15, -0.1) is 11.6 Å². The van der Waals surface area contributed by atoms with Crippen LogP contribution in [-0.4, -0.2) is 14.5 Å². The molecule has 92 valence electrons. The molecule has 0 fully saturated rings. The van der Waals surface area contributed by atoms with Crippen LogP contribution < -0.4 is 0 Å². The minimum absolute atomic E-state index is 0.357. The smallest absolute Gasteiger partial charge is 0.160 e. The van der Waals surface area contributed by atoms with Gasteiger partial charge < -0.3 is 8.98 Å². The molecule has 0 bridgehead atoms. The van der Waals surface area contributed by atoms with Gasteiger partial charge in [0.25, 0.3) is 0 Å². The summed E-state index contributed by atoms with van der Waals surface area (Å²) in [7, 11) is 0. The molecule has 18 heavy (non-hydrogen) atoms. The molecule has 0 saturated heterocycles. The second-order valence-electron chi connectivity index (χ2n) is 4.11. The number of furan rings is 1. The summed E-state index contributed by atoms with van der Waals surface area (Å²) in [5.74, 6) is 2.94. The van der Waals surface area contributed by atoms with Gasteiger partial charge in [0.2, 0.25) is 0 Å². The van der Waals surface area contributed by atoms with Gasteiger partial charge in [-0.25, -0.2) is 9.97 Å². The number of hydrogen-bond donors (Lipinski definition) is 0. The fourth-order valence-electron chi connectivity index (χ4n) is 2.00. The maximum absolute atomic E-state index is 5.93. The van der Waals surface area contributed by atoms with E-state index in [1.54, 1.807) is 6.20 Å². The van der Waals surface area contributed by atoms with Crippen LogP contribution in [0.15, 0.2) is 34.9 Å². The third kappa shape index (κ3) is 1.88. The number of pyridine rings is 1. The van der Waals surface area contributed by atoms with E-state index < -0.39 is 0 Å². The van der Waals surface area contributed by atoms with E-state index in [-0.39, 0.29) is 0 Å². The lowest BCUT2D eigenvalue weighted by atomic mass is 10.4. The average Bonchev–Trinajstić information content (AvgIpc) is 2.94. The van der Waals surface area contributed by atoms with Gasteiger partial charge in [-0.3, -0.25) is 0 Å². The summed E-state index contributed by atoms with van der Waals surface area (Å²) in [4.78, 5) is 8.81. The monoisotopic (exact) mass is 261 g/mol. The van der Waals surface area contributed by atoms with Crippen LogP contribution in [0, 0.1) is 6.92 Å². The van der Waals surface area contributed by atoms with E-state index in [0.717, 1.165) is 28.5 Å². The first-order chi connectivity index (χ1) is 8.78. The summed E-state index contributed by atoms with van der Waals surface area (Å²) in [5, 5.41) is 0. The molecule has 0 aromatic carbocycles. The van der Waals surface area contributed by atoms with Gasteiger partial charge in [0.1, 0.15) is 22.9 Å². The molecule has 4 nitrogen and oxygen atoms in total. The van der Waals surface area contributed by atoms with Crippen molar-refractivity contribution in [2.24, 2.45) is 0 Å². The minimum atomic E-state index is 0.357. The van der Waals surface area contributed by atoms with Crippen LogP contribution in [0.1, 0.15) is 17.3 Å². The van der Waals surface area contributed by atoms with Crippen molar-refractivity contribution in [1.29, 1.82) is 0 Å². The van der Waals surface area contributed by atoms with Crippen molar-refractivity contribution in [3.8, 4) is 0 Å². The quantitative estimate of drug-likeness (QED) is 0.681. The molecule has 3 aromatic rings. The zero-order valence-electron chi connectivity index (χ0n) is 9.93. The summed E-state index contributed by atoms with van der Waals surface area (Å²) in [6.07, 6.45) is 1.76. The number of aryl methyl sites for hydroxylation is 1. The van der Waals surface area contributed by atoms with Gasteiger partial charge in [0, 0.05) is 6.20 Å². The minimum Gasteiger partial charge on any atom is -0.464 e. The molecule has 0 N–H and O–H groups in total. The first-order valence-electron chi connectivity index (χ1n) is 5.69. The average molecular weight is 262 g/mol. The first kappa shape index (κ1) is 11.3. The van der Waals surface area contributed by atoms with E-state index in [1.807, 2.05) is 35.8 Å². The highest BCUT2D eigenvalue weighted by atomic mass is 35.5. The summed E-state index contributed by atoms with van der Waals surface area (Å²) >= 11 is 5.93. The van der Waals surface area contributed by atoms with Crippen LogP contribution in [0.5, 0.6) is 0 Å². The van der Waals surface area contributed by atoms with Gasteiger partial charge >= 0.3 is 0 Å². The second kappa shape index (κ2) is 4.46. The molecule has 0 unspecified atom stereocenters. The van der Waals surface area contributed by atoms with E-state index in [9.17, 15) is 0 Å². The van der Waals surface area contributed by atoms with Gasteiger partial charge in [-0.05, 0) is 31.2 Å². The zero-order valence-corrected chi connectivity index (χ0v) is 10.7. The van der Waals surface area contributed by atoms with Crippen LogP contribution in [-0.2, 0) is 12.4 Å². The van der Waals surface area contributed by atoms with Crippen molar-refractivity contribution >= 4 is 22.8 Å². The van der Waals surface area contributed by atoms with Gasteiger partial charge in [-0.1, -0.05) is 0 Å². The molecule has 3 rings (SSSR count). The molecule has 3 heterocycles. The Kier molecular flexibility index (Phi) is 2.80. The van der Waals surface area contributed by atoms with Crippen LogP contribution in [0.2, 0.25) is 0 Å². The summed E-state index contributed by atoms with van der Waals surface area (Å²) in [5.41, 5.74) is 1.69. The van der Waals surface area contributed by atoms with Crippen LogP contribution >= 0.6 is 11.6 Å². The highest BCUT2D eigenvalue weighted by Gasteiger charge is 2.12. The number of alkyl halides is 1. The predicted octanol–water partition coefficient (Wildman–Crippen LogP) is 3.12. The number of hydrogen-bond acceptors (Lipinski definition) is 3. The van der Waals surface area contributed by atoms with Crippen molar-refractivity contribution < 1.29 is 4.42 Å². The van der Waals surface area contributed by atoms with Crippen molar-refractivity contribution in [2.45, 2.75) is 19.3 Å². The molecule has 0 radical (unpaired) electrons. The number of fused-ring (bicyclic) bond motifs is 1. The molecule has 0 aliphatic rings. The van der Waals surface area contributed by atoms with E-state index in [1.165, 1.54) is 0 Å². The van der Waals surface area contributed by atoms with Crippen LogP contribution in [0.4, 0.5) is 0 Å². The Morgan fingerprint density at radius 1 is 1.33 bits per heavy atom. The van der Waals surface area contributed by atoms with Crippen molar-refractivity contribution in [3.05, 3.63) is 47.8 Å². The fraction of sp³-hybridized carbons (Fsp3) is 0.231. The second-order valence-corrected chi connectivity index (χ2v) is 4.37. The molecule has 5 heteroatoms. The Morgan fingerprint density at radius 2 is 2.22 bits per heavy atom. The Morgan fingerprint density at radius 3 is 2.94 bits per heavy atom. The molecule has 3 aromatic heterocycles. The zero-order chi connectivity index (χ0) is 12.5. The predicted molar refractivity (Wildman–Crippen MR) is 69.6 cm³/mol. The molecule has 0 spiro atoms. The van der Waals surface area contributed by atoms with E-state index >= 15 is 0 Å². The third-order valence-electron chi connectivity index (χ3n) is 2.81. The lowest BCUT2D eigenvalue weighted by molar-refractivity contribution is 0.469. The first-order valence-corrected chi connectivity index (χ1v) is 6.23. The third-order valence-corrected chi connectivity index (χ3v) is 3.05. The van der Waals surface area contributed by atoms with E-state index in [0.29, 0.717) is 12.4 Å². The number of imidazole rings is 1. The Bertz CT molecular complexity index is 686. The maximum Gasteiger partial charge on any atom is 0.160 e. The number of halogens is 1.